The molecule has 0 saturated carbocycles. The summed E-state index contributed by atoms with van der Waals surface area (Å²) >= 11 is 0. The van der Waals surface area contributed by atoms with Gasteiger partial charge in [-0.15, -0.1) is 0 Å². The van der Waals surface area contributed by atoms with Crippen LogP contribution >= 0.6 is 0 Å². The quantitative estimate of drug-likeness (QED) is 0.732. The summed E-state index contributed by atoms with van der Waals surface area (Å²) in [5.41, 5.74) is 1.12. The summed E-state index contributed by atoms with van der Waals surface area (Å²) in [7, 11) is -1.81. The van der Waals surface area contributed by atoms with Crippen LogP contribution in [0.15, 0.2) is 24.4 Å². The normalized spacial score (nSPS) is 20.0. The lowest BCUT2D eigenvalue weighted by atomic mass is 10.2. The minimum absolute atomic E-state index is 0.0772. The molecule has 1 fully saturated rings. The van der Waals surface area contributed by atoms with E-state index in [0.717, 1.165) is 36.1 Å². The van der Waals surface area contributed by atoms with E-state index >= 15 is 0 Å². The molecule has 1 unspecified atom stereocenters. The molecular weight excluding hydrogens is 304 g/mol. The van der Waals surface area contributed by atoms with Crippen molar-refractivity contribution in [2.24, 2.45) is 0 Å². The monoisotopic (exact) mass is 332 g/mol. The molecule has 4 nitrogen and oxygen atoms in total. The Hall–Kier alpha value is -1.33. The van der Waals surface area contributed by atoms with E-state index in [1.807, 2.05) is 10.9 Å². The van der Waals surface area contributed by atoms with Gasteiger partial charge in [-0.2, -0.15) is 5.10 Å². The van der Waals surface area contributed by atoms with Crippen molar-refractivity contribution in [1.29, 1.82) is 0 Å². The summed E-state index contributed by atoms with van der Waals surface area (Å²) < 4.78 is 14.3. The van der Waals surface area contributed by atoms with Gasteiger partial charge in [0.05, 0.1) is 11.7 Å². The third-order valence-electron chi connectivity index (χ3n) is 5.17. The summed E-state index contributed by atoms with van der Waals surface area (Å²) in [4.78, 5) is 0. The van der Waals surface area contributed by atoms with Crippen molar-refractivity contribution in [3.63, 3.8) is 0 Å². The predicted molar refractivity (Wildman–Crippen MR) is 96.4 cm³/mol. The van der Waals surface area contributed by atoms with E-state index in [2.05, 4.69) is 57.2 Å². The SMILES string of the molecule is CC(C)(C)[Si](C)(C)Oc1ccc2c(cnn2C2CCCCO2)c1. The van der Waals surface area contributed by atoms with E-state index in [-0.39, 0.29) is 11.3 Å². The van der Waals surface area contributed by atoms with Gasteiger partial charge in [0, 0.05) is 12.0 Å². The predicted octanol–water partition coefficient (Wildman–Crippen LogP) is 5.12. The molecule has 1 aromatic carbocycles. The highest BCUT2D eigenvalue weighted by Gasteiger charge is 2.39. The second-order valence-corrected chi connectivity index (χ2v) is 12.7. The number of aromatic nitrogens is 2. The molecule has 1 aliphatic rings. The third-order valence-corrected chi connectivity index (χ3v) is 9.53. The fourth-order valence-corrected chi connectivity index (χ4v) is 3.71. The summed E-state index contributed by atoms with van der Waals surface area (Å²) in [6.07, 6.45) is 5.40. The van der Waals surface area contributed by atoms with Gasteiger partial charge in [-0.1, -0.05) is 20.8 Å². The van der Waals surface area contributed by atoms with Gasteiger partial charge in [0.15, 0.2) is 6.23 Å². The van der Waals surface area contributed by atoms with E-state index in [9.17, 15) is 0 Å². The van der Waals surface area contributed by atoms with Crippen LogP contribution < -0.4 is 4.43 Å². The van der Waals surface area contributed by atoms with Gasteiger partial charge in [0.25, 0.3) is 0 Å². The zero-order chi connectivity index (χ0) is 16.7. The zero-order valence-electron chi connectivity index (χ0n) is 14.9. The van der Waals surface area contributed by atoms with Crippen molar-refractivity contribution in [1.82, 2.24) is 9.78 Å². The number of nitrogens with zero attached hydrogens (tertiary/aromatic N) is 2. The van der Waals surface area contributed by atoms with Crippen molar-refractivity contribution < 1.29 is 9.16 Å². The van der Waals surface area contributed by atoms with Gasteiger partial charge in [-0.05, 0) is 55.6 Å². The molecule has 2 aromatic rings. The average Bonchev–Trinajstić information content (AvgIpc) is 2.89. The molecule has 0 amide bonds. The number of hydrogen-bond donors (Lipinski definition) is 0. The molecule has 0 spiro atoms. The maximum Gasteiger partial charge on any atom is 0.250 e. The van der Waals surface area contributed by atoms with Crippen LogP contribution in [-0.2, 0) is 4.74 Å². The molecule has 0 aliphatic carbocycles. The Morgan fingerprint density at radius 1 is 1.26 bits per heavy atom. The number of benzene rings is 1. The second kappa shape index (κ2) is 5.95. The van der Waals surface area contributed by atoms with Crippen molar-refractivity contribution in [3.8, 4) is 5.75 Å². The Morgan fingerprint density at radius 2 is 2.04 bits per heavy atom. The lowest BCUT2D eigenvalue weighted by Crippen LogP contribution is -2.43. The van der Waals surface area contributed by atoms with E-state index in [4.69, 9.17) is 9.16 Å². The van der Waals surface area contributed by atoms with Crippen LogP contribution in [0.2, 0.25) is 18.1 Å². The fourth-order valence-electron chi connectivity index (χ4n) is 2.69. The molecule has 1 atom stereocenters. The topological polar surface area (TPSA) is 36.3 Å². The summed E-state index contributed by atoms with van der Waals surface area (Å²) in [6, 6.07) is 6.30. The first-order chi connectivity index (χ1) is 10.8. The number of rotatable bonds is 3. The largest absolute Gasteiger partial charge is 0.543 e. The molecule has 3 rings (SSSR count). The number of fused-ring (bicyclic) bond motifs is 1. The zero-order valence-corrected chi connectivity index (χ0v) is 15.9. The van der Waals surface area contributed by atoms with Gasteiger partial charge in [-0.25, -0.2) is 4.68 Å². The highest BCUT2D eigenvalue weighted by Crippen LogP contribution is 2.38. The number of hydrogen-bond acceptors (Lipinski definition) is 3. The first-order valence-corrected chi connectivity index (χ1v) is 11.5. The Labute approximate surface area is 139 Å². The van der Waals surface area contributed by atoms with Crippen LogP contribution in [0, 0.1) is 0 Å². The second-order valence-electron chi connectivity index (χ2n) is 7.99. The number of ether oxygens (including phenoxy) is 1. The fraction of sp³-hybridized carbons (Fsp3) is 0.611. The Bertz CT molecular complexity index is 682. The van der Waals surface area contributed by atoms with Crippen molar-refractivity contribution >= 4 is 19.2 Å². The Kier molecular flexibility index (Phi) is 4.27. The van der Waals surface area contributed by atoms with E-state index in [0.29, 0.717) is 0 Å². The van der Waals surface area contributed by atoms with Crippen LogP contribution in [-0.4, -0.2) is 24.7 Å². The molecule has 1 aliphatic heterocycles. The van der Waals surface area contributed by atoms with Crippen LogP contribution in [0.5, 0.6) is 5.75 Å². The van der Waals surface area contributed by atoms with Crippen molar-refractivity contribution in [2.75, 3.05) is 6.61 Å². The van der Waals surface area contributed by atoms with Crippen LogP contribution in [0.3, 0.4) is 0 Å². The summed E-state index contributed by atoms with van der Waals surface area (Å²) in [6.45, 7) is 12.2. The van der Waals surface area contributed by atoms with Gasteiger partial charge in [0.1, 0.15) is 5.75 Å². The van der Waals surface area contributed by atoms with Crippen molar-refractivity contribution in [3.05, 3.63) is 24.4 Å². The maximum atomic E-state index is 6.40. The molecule has 1 aromatic heterocycles. The molecule has 5 heteroatoms. The molecule has 126 valence electrons. The van der Waals surface area contributed by atoms with Crippen LogP contribution in [0.1, 0.15) is 46.3 Å². The molecule has 0 bridgehead atoms. The molecule has 0 radical (unpaired) electrons. The van der Waals surface area contributed by atoms with Gasteiger partial charge in [-0.3, -0.25) is 0 Å². The highest BCUT2D eigenvalue weighted by molar-refractivity contribution is 6.74. The minimum Gasteiger partial charge on any atom is -0.543 e. The lowest BCUT2D eigenvalue weighted by molar-refractivity contribution is -0.0366. The van der Waals surface area contributed by atoms with Crippen LogP contribution in [0.25, 0.3) is 10.9 Å². The van der Waals surface area contributed by atoms with Gasteiger partial charge in [0.2, 0.25) is 8.32 Å². The highest BCUT2D eigenvalue weighted by atomic mass is 28.4. The van der Waals surface area contributed by atoms with Crippen molar-refractivity contribution in [2.45, 2.75) is 64.4 Å². The van der Waals surface area contributed by atoms with Crippen LogP contribution in [0.4, 0.5) is 0 Å². The third kappa shape index (κ3) is 3.31. The lowest BCUT2D eigenvalue weighted by Gasteiger charge is -2.36. The Balaban J connectivity index is 1.86. The van der Waals surface area contributed by atoms with E-state index in [1.54, 1.807) is 0 Å². The molecule has 23 heavy (non-hydrogen) atoms. The maximum absolute atomic E-state index is 6.40. The molecular formula is C18H28N2O2Si. The standard InChI is InChI=1S/C18H28N2O2Si/c1-18(2,3)23(4,5)22-15-9-10-16-14(12-15)13-19-20(16)17-8-6-7-11-21-17/h9-10,12-13,17H,6-8,11H2,1-5H3. The van der Waals surface area contributed by atoms with Gasteiger partial charge >= 0.3 is 0 Å². The Morgan fingerprint density at radius 3 is 2.70 bits per heavy atom. The summed E-state index contributed by atoms with van der Waals surface area (Å²) in [5, 5.41) is 5.87. The van der Waals surface area contributed by atoms with Gasteiger partial charge < -0.3 is 9.16 Å². The van der Waals surface area contributed by atoms with E-state index in [1.165, 1.54) is 6.42 Å². The molecule has 2 heterocycles. The first-order valence-electron chi connectivity index (χ1n) is 8.56. The smallest absolute Gasteiger partial charge is 0.250 e. The van der Waals surface area contributed by atoms with E-state index < -0.39 is 8.32 Å². The summed E-state index contributed by atoms with van der Waals surface area (Å²) in [5.74, 6) is 0.952. The first kappa shape index (κ1) is 16.5. The minimum atomic E-state index is -1.81. The average molecular weight is 333 g/mol. The molecule has 0 N–H and O–H groups in total. The molecule has 1 saturated heterocycles.